The number of hydrogen-bond donors (Lipinski definition) is 1. The lowest BCUT2D eigenvalue weighted by Gasteiger charge is -2.19. The minimum Gasteiger partial charge on any atom is -0.310 e. The SMILES string of the molecule is C=C(C)CC(NCCC)c1ccc(C(F)(F)F)cc1. The molecule has 1 aromatic rings. The zero-order chi connectivity index (χ0) is 14.5. The minimum atomic E-state index is -4.28. The van der Waals surface area contributed by atoms with Crippen LogP contribution in [0.3, 0.4) is 0 Å². The summed E-state index contributed by atoms with van der Waals surface area (Å²) in [5.74, 6) is 0. The highest BCUT2D eigenvalue weighted by Gasteiger charge is 2.30. The van der Waals surface area contributed by atoms with E-state index in [9.17, 15) is 13.2 Å². The largest absolute Gasteiger partial charge is 0.416 e. The first kappa shape index (κ1) is 15.8. The maximum absolute atomic E-state index is 12.5. The molecular formula is C15H20F3N. The van der Waals surface area contributed by atoms with E-state index in [1.807, 2.05) is 6.92 Å². The van der Waals surface area contributed by atoms with Gasteiger partial charge in [0.1, 0.15) is 0 Å². The Hall–Kier alpha value is -1.29. The second-order valence-electron chi connectivity index (χ2n) is 4.79. The first-order valence-electron chi connectivity index (χ1n) is 6.39. The van der Waals surface area contributed by atoms with Gasteiger partial charge in [-0.25, -0.2) is 0 Å². The van der Waals surface area contributed by atoms with Crippen molar-refractivity contribution in [1.29, 1.82) is 0 Å². The molecule has 0 aliphatic rings. The van der Waals surface area contributed by atoms with E-state index in [2.05, 4.69) is 18.8 Å². The number of alkyl halides is 3. The molecule has 0 heterocycles. The van der Waals surface area contributed by atoms with Crippen molar-refractivity contribution in [2.45, 2.75) is 38.9 Å². The molecule has 1 rings (SSSR count). The van der Waals surface area contributed by atoms with Gasteiger partial charge in [0.15, 0.2) is 0 Å². The second-order valence-corrected chi connectivity index (χ2v) is 4.79. The predicted octanol–water partition coefficient (Wildman–Crippen LogP) is 4.71. The molecule has 1 aromatic carbocycles. The molecule has 0 saturated heterocycles. The maximum atomic E-state index is 12.5. The number of rotatable bonds is 6. The highest BCUT2D eigenvalue weighted by atomic mass is 19.4. The summed E-state index contributed by atoms with van der Waals surface area (Å²) in [5.41, 5.74) is 1.26. The molecule has 0 radical (unpaired) electrons. The van der Waals surface area contributed by atoms with Crippen LogP contribution in [0.2, 0.25) is 0 Å². The predicted molar refractivity (Wildman–Crippen MR) is 71.9 cm³/mol. The molecule has 0 aliphatic carbocycles. The molecule has 19 heavy (non-hydrogen) atoms. The lowest BCUT2D eigenvalue weighted by molar-refractivity contribution is -0.137. The highest BCUT2D eigenvalue weighted by molar-refractivity contribution is 5.27. The minimum absolute atomic E-state index is 0.0275. The molecule has 1 unspecified atom stereocenters. The molecule has 4 heteroatoms. The third kappa shape index (κ3) is 5.07. The van der Waals surface area contributed by atoms with Crippen molar-refractivity contribution >= 4 is 0 Å². The fourth-order valence-electron chi connectivity index (χ4n) is 1.88. The first-order chi connectivity index (χ1) is 8.84. The molecule has 0 bridgehead atoms. The van der Waals surface area contributed by atoms with E-state index in [1.54, 1.807) is 12.1 Å². The van der Waals surface area contributed by atoms with Crippen LogP contribution in [-0.2, 0) is 6.18 Å². The van der Waals surface area contributed by atoms with Gasteiger partial charge in [-0.15, -0.1) is 6.58 Å². The average Bonchev–Trinajstić information content (AvgIpc) is 2.33. The van der Waals surface area contributed by atoms with Crippen LogP contribution in [0.5, 0.6) is 0 Å². The van der Waals surface area contributed by atoms with Crippen LogP contribution < -0.4 is 5.32 Å². The molecule has 0 aliphatic heterocycles. The molecular weight excluding hydrogens is 251 g/mol. The smallest absolute Gasteiger partial charge is 0.310 e. The van der Waals surface area contributed by atoms with Gasteiger partial charge in [-0.05, 0) is 44.0 Å². The van der Waals surface area contributed by atoms with Crippen molar-refractivity contribution < 1.29 is 13.2 Å². The van der Waals surface area contributed by atoms with Crippen LogP contribution in [0.4, 0.5) is 13.2 Å². The van der Waals surface area contributed by atoms with Gasteiger partial charge >= 0.3 is 6.18 Å². The molecule has 0 spiro atoms. The van der Waals surface area contributed by atoms with Crippen LogP contribution in [0, 0.1) is 0 Å². The van der Waals surface area contributed by atoms with E-state index in [4.69, 9.17) is 0 Å². The Kier molecular flexibility index (Phi) is 5.60. The van der Waals surface area contributed by atoms with E-state index in [-0.39, 0.29) is 6.04 Å². The number of halogens is 3. The normalized spacial score (nSPS) is 13.3. The summed E-state index contributed by atoms with van der Waals surface area (Å²) in [5, 5.41) is 3.33. The zero-order valence-corrected chi connectivity index (χ0v) is 11.3. The Morgan fingerprint density at radius 1 is 1.26 bits per heavy atom. The summed E-state index contributed by atoms with van der Waals surface area (Å²) in [4.78, 5) is 0. The van der Waals surface area contributed by atoms with E-state index >= 15 is 0 Å². The molecule has 106 valence electrons. The number of hydrogen-bond acceptors (Lipinski definition) is 1. The van der Waals surface area contributed by atoms with Crippen molar-refractivity contribution in [3.8, 4) is 0 Å². The summed E-state index contributed by atoms with van der Waals surface area (Å²) in [6.45, 7) is 8.67. The average molecular weight is 271 g/mol. The van der Waals surface area contributed by atoms with Crippen molar-refractivity contribution in [2.75, 3.05) is 6.54 Å². The number of nitrogens with one attached hydrogen (secondary N) is 1. The topological polar surface area (TPSA) is 12.0 Å². The fourth-order valence-corrected chi connectivity index (χ4v) is 1.88. The standard InChI is InChI=1S/C15H20F3N/c1-4-9-19-14(10-11(2)3)12-5-7-13(8-6-12)15(16,17)18/h5-8,14,19H,2,4,9-10H2,1,3H3. The van der Waals surface area contributed by atoms with Crippen molar-refractivity contribution in [1.82, 2.24) is 5.32 Å². The van der Waals surface area contributed by atoms with Gasteiger partial charge in [0, 0.05) is 6.04 Å². The van der Waals surface area contributed by atoms with Gasteiger partial charge in [-0.2, -0.15) is 13.2 Å². The lowest BCUT2D eigenvalue weighted by Crippen LogP contribution is -2.22. The Labute approximate surface area is 112 Å². The number of benzene rings is 1. The summed E-state index contributed by atoms with van der Waals surface area (Å²) in [6.07, 6.45) is -2.57. The Balaban J connectivity index is 2.87. The van der Waals surface area contributed by atoms with Crippen LogP contribution in [0.25, 0.3) is 0 Å². The van der Waals surface area contributed by atoms with Gasteiger partial charge in [-0.1, -0.05) is 24.6 Å². The molecule has 0 amide bonds. The van der Waals surface area contributed by atoms with Gasteiger partial charge in [0.05, 0.1) is 5.56 Å². The Bertz CT molecular complexity index is 406. The summed E-state index contributed by atoms with van der Waals surface area (Å²) < 4.78 is 37.5. The van der Waals surface area contributed by atoms with Crippen LogP contribution >= 0.6 is 0 Å². The van der Waals surface area contributed by atoms with Crippen molar-refractivity contribution in [2.24, 2.45) is 0 Å². The van der Waals surface area contributed by atoms with Crippen molar-refractivity contribution in [3.05, 3.63) is 47.5 Å². The third-order valence-corrected chi connectivity index (χ3v) is 2.83. The van der Waals surface area contributed by atoms with E-state index in [1.165, 1.54) is 0 Å². The Morgan fingerprint density at radius 2 is 1.84 bits per heavy atom. The lowest BCUT2D eigenvalue weighted by atomic mass is 9.99. The molecule has 0 fully saturated rings. The van der Waals surface area contributed by atoms with E-state index in [0.29, 0.717) is 0 Å². The second kappa shape index (κ2) is 6.75. The van der Waals surface area contributed by atoms with Crippen LogP contribution in [0.15, 0.2) is 36.4 Å². The van der Waals surface area contributed by atoms with Gasteiger partial charge < -0.3 is 5.32 Å². The third-order valence-electron chi connectivity index (χ3n) is 2.83. The quantitative estimate of drug-likeness (QED) is 0.739. The van der Waals surface area contributed by atoms with E-state index < -0.39 is 11.7 Å². The first-order valence-corrected chi connectivity index (χ1v) is 6.39. The van der Waals surface area contributed by atoms with Crippen LogP contribution in [0.1, 0.15) is 43.9 Å². The molecule has 1 N–H and O–H groups in total. The monoisotopic (exact) mass is 271 g/mol. The van der Waals surface area contributed by atoms with Gasteiger partial charge in [0.2, 0.25) is 0 Å². The van der Waals surface area contributed by atoms with Gasteiger partial charge in [0.25, 0.3) is 0 Å². The zero-order valence-electron chi connectivity index (χ0n) is 11.3. The fraction of sp³-hybridized carbons (Fsp3) is 0.467. The molecule has 0 aromatic heterocycles. The highest BCUT2D eigenvalue weighted by Crippen LogP contribution is 2.30. The maximum Gasteiger partial charge on any atom is 0.416 e. The summed E-state index contributed by atoms with van der Waals surface area (Å²) in [7, 11) is 0. The molecule has 1 atom stereocenters. The molecule has 1 nitrogen and oxygen atoms in total. The summed E-state index contributed by atoms with van der Waals surface area (Å²) in [6, 6.07) is 5.38. The Morgan fingerprint density at radius 3 is 2.26 bits per heavy atom. The molecule has 0 saturated carbocycles. The van der Waals surface area contributed by atoms with Gasteiger partial charge in [-0.3, -0.25) is 0 Å². The van der Waals surface area contributed by atoms with Crippen LogP contribution in [-0.4, -0.2) is 6.54 Å². The summed E-state index contributed by atoms with van der Waals surface area (Å²) >= 11 is 0. The van der Waals surface area contributed by atoms with E-state index in [0.717, 1.165) is 42.7 Å². The van der Waals surface area contributed by atoms with Crippen molar-refractivity contribution in [3.63, 3.8) is 0 Å².